The van der Waals surface area contributed by atoms with Gasteiger partial charge in [-0.2, -0.15) is 20.8 Å². The summed E-state index contributed by atoms with van der Waals surface area (Å²) in [5.41, 5.74) is 0.0403. The van der Waals surface area contributed by atoms with E-state index in [0.29, 0.717) is 24.5 Å². The average Bonchev–Trinajstić information content (AvgIpc) is 2.98. The van der Waals surface area contributed by atoms with Gasteiger partial charge < -0.3 is 9.64 Å². The Morgan fingerprint density at radius 1 is 1.41 bits per heavy atom. The van der Waals surface area contributed by atoms with Gasteiger partial charge in [-0.15, -0.1) is 0 Å². The number of nitrogens with zero attached hydrogens (tertiary/aromatic N) is 4. The Hall–Kier alpha value is -2.61. The van der Waals surface area contributed by atoms with Crippen LogP contribution in [0.3, 0.4) is 0 Å². The summed E-state index contributed by atoms with van der Waals surface area (Å²) >= 11 is 0. The molecular formula is C17H17FN4O4S. The highest BCUT2D eigenvalue weighted by Crippen LogP contribution is 2.46. The van der Waals surface area contributed by atoms with E-state index in [-0.39, 0.29) is 35.6 Å². The lowest BCUT2D eigenvalue weighted by molar-refractivity contribution is 0.291. The third-order valence-electron chi connectivity index (χ3n) is 4.75. The van der Waals surface area contributed by atoms with E-state index in [4.69, 9.17) is 10.00 Å². The largest absolute Gasteiger partial charge is 0.473 e. The second kappa shape index (κ2) is 6.53. The van der Waals surface area contributed by atoms with Crippen LogP contribution in [-0.2, 0) is 13.2 Å². The number of hydrogen-bond donors (Lipinski definition) is 2. The molecule has 1 atom stereocenters. The van der Waals surface area contributed by atoms with Crippen molar-refractivity contribution in [3.63, 3.8) is 0 Å². The van der Waals surface area contributed by atoms with Crippen molar-refractivity contribution < 1.29 is 18.2 Å². The summed E-state index contributed by atoms with van der Waals surface area (Å²) < 4.78 is 40.3. The molecule has 3 heterocycles. The predicted octanol–water partition coefficient (Wildman–Crippen LogP) is 1.79. The first-order chi connectivity index (χ1) is 12.9. The molecule has 1 saturated heterocycles. The van der Waals surface area contributed by atoms with Crippen LogP contribution in [0.5, 0.6) is 5.88 Å². The van der Waals surface area contributed by atoms with Crippen molar-refractivity contribution >= 4 is 16.4 Å². The van der Waals surface area contributed by atoms with Crippen LogP contribution in [0.25, 0.3) is 0 Å². The third kappa shape index (κ3) is 3.37. The highest BCUT2D eigenvalue weighted by Gasteiger charge is 2.38. The number of halogens is 1. The Morgan fingerprint density at radius 2 is 2.22 bits per heavy atom. The smallest absolute Gasteiger partial charge is 0.352 e. The van der Waals surface area contributed by atoms with E-state index < -0.39 is 22.1 Å². The van der Waals surface area contributed by atoms with Gasteiger partial charge in [-0.1, -0.05) is 6.07 Å². The van der Waals surface area contributed by atoms with E-state index in [9.17, 15) is 18.3 Å². The number of rotatable bonds is 3. The molecule has 142 valence electrons. The number of hydrogen-bond acceptors (Lipinski definition) is 7. The van der Waals surface area contributed by atoms with Crippen molar-refractivity contribution in [3.05, 3.63) is 51.7 Å². The third-order valence-corrected chi connectivity index (χ3v) is 6.51. The molecule has 10 heteroatoms. The van der Waals surface area contributed by atoms with Crippen LogP contribution >= 0.6 is 10.6 Å². The molecule has 1 fully saturated rings. The van der Waals surface area contributed by atoms with Crippen molar-refractivity contribution in [1.82, 2.24) is 9.55 Å². The second-order valence-electron chi connectivity index (χ2n) is 6.58. The van der Waals surface area contributed by atoms with E-state index in [2.05, 4.69) is 4.98 Å². The molecule has 4 rings (SSSR count). The lowest BCUT2D eigenvalue weighted by Crippen LogP contribution is -2.44. The maximum Gasteiger partial charge on any atom is 0.352 e. The molecular weight excluding hydrogens is 375 g/mol. The Kier molecular flexibility index (Phi) is 4.30. The topological polar surface area (TPSA) is 112 Å². The van der Waals surface area contributed by atoms with Gasteiger partial charge in [-0.05, 0) is 17.7 Å². The summed E-state index contributed by atoms with van der Waals surface area (Å²) in [4.78, 5) is 18.2. The van der Waals surface area contributed by atoms with E-state index in [1.807, 2.05) is 4.90 Å². The molecule has 2 aromatic rings. The van der Waals surface area contributed by atoms with Gasteiger partial charge in [-0.3, -0.25) is 13.7 Å². The summed E-state index contributed by atoms with van der Waals surface area (Å²) in [6.07, 6.45) is 0. The first kappa shape index (κ1) is 17.8. The quantitative estimate of drug-likeness (QED) is 0.819. The van der Waals surface area contributed by atoms with Gasteiger partial charge in [0.05, 0.1) is 29.7 Å². The Bertz CT molecular complexity index is 1000. The van der Waals surface area contributed by atoms with Crippen LogP contribution in [0.15, 0.2) is 29.1 Å². The zero-order valence-electron chi connectivity index (χ0n) is 14.2. The molecule has 0 bridgehead atoms. The molecule has 2 N–H and O–H groups in total. The number of benzene rings is 1. The SMILES string of the molecule is N#Cc1cc(COc2cc3n(c(=O)n2)CC2CS(O)(O)CCN32)ccc1F. The van der Waals surface area contributed by atoms with Crippen LogP contribution in [0.2, 0.25) is 0 Å². The van der Waals surface area contributed by atoms with Crippen molar-refractivity contribution in [3.8, 4) is 11.9 Å². The monoisotopic (exact) mass is 392 g/mol. The highest BCUT2D eigenvalue weighted by molar-refractivity contribution is 8.24. The number of anilines is 1. The molecule has 0 aliphatic carbocycles. The summed E-state index contributed by atoms with van der Waals surface area (Å²) in [5.74, 6) is 0.672. The molecule has 8 nitrogen and oxygen atoms in total. The molecule has 0 saturated carbocycles. The van der Waals surface area contributed by atoms with Crippen LogP contribution in [-0.4, -0.2) is 42.7 Å². The molecule has 1 aromatic heterocycles. The highest BCUT2D eigenvalue weighted by atomic mass is 32.3. The van der Waals surface area contributed by atoms with Gasteiger partial charge in [0.15, 0.2) is 0 Å². The van der Waals surface area contributed by atoms with Crippen LogP contribution in [0.4, 0.5) is 10.2 Å². The Morgan fingerprint density at radius 3 is 3.00 bits per heavy atom. The van der Waals surface area contributed by atoms with Crippen LogP contribution in [0, 0.1) is 17.1 Å². The molecule has 1 unspecified atom stereocenters. The molecule has 27 heavy (non-hydrogen) atoms. The summed E-state index contributed by atoms with van der Waals surface area (Å²) in [7, 11) is -2.60. The first-order valence-corrected chi connectivity index (χ1v) is 10.2. The number of aromatic nitrogens is 2. The Labute approximate surface area is 155 Å². The lowest BCUT2D eigenvalue weighted by atomic mass is 10.1. The van der Waals surface area contributed by atoms with Crippen molar-refractivity contribution in [1.29, 1.82) is 5.26 Å². The molecule has 0 spiro atoms. The number of fused-ring (bicyclic) bond motifs is 3. The fraction of sp³-hybridized carbons (Fsp3) is 0.353. The van der Waals surface area contributed by atoms with Gasteiger partial charge in [0.25, 0.3) is 0 Å². The minimum atomic E-state index is -2.60. The van der Waals surface area contributed by atoms with Gasteiger partial charge in [0.1, 0.15) is 24.3 Å². The van der Waals surface area contributed by atoms with E-state index in [0.717, 1.165) is 0 Å². The van der Waals surface area contributed by atoms with Crippen LogP contribution in [0.1, 0.15) is 11.1 Å². The molecule has 0 amide bonds. The van der Waals surface area contributed by atoms with Crippen molar-refractivity contribution in [2.75, 3.05) is 23.0 Å². The summed E-state index contributed by atoms with van der Waals surface area (Å²) in [6.45, 7) is 0.842. The number of nitriles is 1. The summed E-state index contributed by atoms with van der Waals surface area (Å²) in [6, 6.07) is 7.35. The van der Waals surface area contributed by atoms with E-state index >= 15 is 0 Å². The van der Waals surface area contributed by atoms with E-state index in [1.165, 1.54) is 22.8 Å². The van der Waals surface area contributed by atoms with Gasteiger partial charge in [0.2, 0.25) is 5.88 Å². The fourth-order valence-corrected chi connectivity index (χ4v) is 4.99. The Balaban J connectivity index is 1.55. The van der Waals surface area contributed by atoms with Crippen molar-refractivity contribution in [2.24, 2.45) is 0 Å². The standard InChI is InChI=1S/C17H17FN4O4S/c18-14-2-1-11(5-12(14)7-19)9-26-15-6-16-21-3-4-27(24,25)10-13(21)8-22(16)17(23)20-15/h1-2,5-6,13,24-25H,3-4,8-10H2. The van der Waals surface area contributed by atoms with Crippen molar-refractivity contribution in [2.45, 2.75) is 19.2 Å². The van der Waals surface area contributed by atoms with Gasteiger partial charge in [-0.25, -0.2) is 9.18 Å². The van der Waals surface area contributed by atoms with Gasteiger partial charge in [0, 0.05) is 12.6 Å². The number of ether oxygens (including phenoxy) is 1. The zero-order chi connectivity index (χ0) is 19.2. The fourth-order valence-electron chi connectivity index (χ4n) is 3.43. The van der Waals surface area contributed by atoms with Crippen LogP contribution < -0.4 is 15.3 Å². The average molecular weight is 392 g/mol. The molecule has 2 aliphatic heterocycles. The minimum absolute atomic E-state index is 0.0365. The molecule has 1 aromatic carbocycles. The maximum atomic E-state index is 13.4. The second-order valence-corrected chi connectivity index (χ2v) is 8.93. The molecule has 2 aliphatic rings. The zero-order valence-corrected chi connectivity index (χ0v) is 15.0. The normalized spacial score (nSPS) is 21.1. The molecule has 0 radical (unpaired) electrons. The minimum Gasteiger partial charge on any atom is -0.473 e. The predicted molar refractivity (Wildman–Crippen MR) is 97.7 cm³/mol. The lowest BCUT2D eigenvalue weighted by Gasteiger charge is -2.43. The maximum absolute atomic E-state index is 13.4. The van der Waals surface area contributed by atoms with Gasteiger partial charge >= 0.3 is 5.69 Å². The summed E-state index contributed by atoms with van der Waals surface area (Å²) in [5, 5.41) is 8.89. The van der Waals surface area contributed by atoms with E-state index in [1.54, 1.807) is 12.1 Å². The first-order valence-electron chi connectivity index (χ1n) is 8.30.